The van der Waals surface area contributed by atoms with E-state index in [9.17, 15) is 4.21 Å². The zero-order chi connectivity index (χ0) is 14.7. The minimum Gasteiger partial charge on any atom is -0.379 e. The molecule has 0 aliphatic heterocycles. The van der Waals surface area contributed by atoms with E-state index in [0.29, 0.717) is 5.75 Å². The van der Waals surface area contributed by atoms with E-state index in [2.05, 4.69) is 5.32 Å². The number of anilines is 2. The summed E-state index contributed by atoms with van der Waals surface area (Å²) in [6.07, 6.45) is 0. The number of rotatable bonds is 4. The van der Waals surface area contributed by atoms with Crippen LogP contribution in [0.4, 0.5) is 11.4 Å². The van der Waals surface area contributed by atoms with Crippen LogP contribution in [-0.4, -0.2) is 8.76 Å². The maximum absolute atomic E-state index is 10.9. The van der Waals surface area contributed by atoms with Crippen LogP contribution in [0.15, 0.2) is 66.7 Å². The molecule has 3 rings (SSSR count). The summed E-state index contributed by atoms with van der Waals surface area (Å²) in [4.78, 5) is 0. The molecule has 0 saturated carbocycles. The second-order valence-corrected chi connectivity index (χ2v) is 5.05. The highest BCUT2D eigenvalue weighted by Gasteiger charge is 2.08. The Balaban J connectivity index is 2.06. The molecule has 0 aromatic heterocycles. The Labute approximate surface area is 124 Å². The van der Waals surface area contributed by atoms with Gasteiger partial charge in [-0.2, -0.15) is 4.21 Å². The molecule has 0 bridgehead atoms. The minimum atomic E-state index is -2.34. The van der Waals surface area contributed by atoms with Crippen molar-refractivity contribution in [3.05, 3.63) is 66.7 Å². The van der Waals surface area contributed by atoms with Crippen LogP contribution in [0.1, 0.15) is 0 Å². The van der Waals surface area contributed by atoms with Gasteiger partial charge in [0.25, 0.3) is 0 Å². The van der Waals surface area contributed by atoms with Gasteiger partial charge in [-0.15, -0.1) is 0 Å². The molecule has 0 amide bonds. The van der Waals surface area contributed by atoms with Gasteiger partial charge >= 0.3 is 11.4 Å². The van der Waals surface area contributed by atoms with E-state index >= 15 is 0 Å². The first-order valence-corrected chi connectivity index (χ1v) is 7.40. The van der Waals surface area contributed by atoms with Crippen LogP contribution in [0.3, 0.4) is 0 Å². The van der Waals surface area contributed by atoms with Crippen LogP contribution < -0.4 is 9.50 Å². The maximum Gasteiger partial charge on any atom is 0.357 e. The number of hydrogen-bond acceptors (Lipinski definition) is 3. The van der Waals surface area contributed by atoms with Crippen molar-refractivity contribution in [2.45, 2.75) is 0 Å². The predicted octanol–water partition coefficient (Wildman–Crippen LogP) is 4.10. The van der Waals surface area contributed by atoms with Gasteiger partial charge in [0.1, 0.15) is 0 Å². The first-order chi connectivity index (χ1) is 10.2. The molecule has 4 nitrogen and oxygen atoms in total. The smallest absolute Gasteiger partial charge is 0.357 e. The lowest BCUT2D eigenvalue weighted by Crippen LogP contribution is -1.99. The predicted molar refractivity (Wildman–Crippen MR) is 85.1 cm³/mol. The lowest BCUT2D eigenvalue weighted by Gasteiger charge is -2.12. The lowest BCUT2D eigenvalue weighted by atomic mass is 10.1. The standard InChI is InChI=1S/C16H13NO3S/c18-21(19)20-16-11-10-15(13-8-4-5-9-14(13)16)17-12-6-2-1-3-7-12/h1-11,17H,(H,18,19). The second kappa shape index (κ2) is 5.95. The van der Waals surface area contributed by atoms with Crippen LogP contribution in [0, 0.1) is 0 Å². The average Bonchev–Trinajstić information content (AvgIpc) is 2.50. The summed E-state index contributed by atoms with van der Waals surface area (Å²) in [6, 6.07) is 20.9. The zero-order valence-corrected chi connectivity index (χ0v) is 11.8. The van der Waals surface area contributed by atoms with Crippen LogP contribution in [0.5, 0.6) is 5.75 Å². The molecule has 3 aromatic carbocycles. The first kappa shape index (κ1) is 13.6. The van der Waals surface area contributed by atoms with Crippen LogP contribution in [0.25, 0.3) is 10.8 Å². The van der Waals surface area contributed by atoms with Crippen molar-refractivity contribution < 1.29 is 12.9 Å². The third-order valence-electron chi connectivity index (χ3n) is 3.10. The Morgan fingerprint density at radius 3 is 2.24 bits per heavy atom. The highest BCUT2D eigenvalue weighted by Crippen LogP contribution is 2.33. The summed E-state index contributed by atoms with van der Waals surface area (Å²) in [6.45, 7) is 0. The van der Waals surface area contributed by atoms with Gasteiger partial charge in [-0.3, -0.25) is 4.55 Å². The van der Waals surface area contributed by atoms with Gasteiger partial charge in [-0.05, 0) is 24.3 Å². The van der Waals surface area contributed by atoms with Gasteiger partial charge < -0.3 is 9.50 Å². The van der Waals surface area contributed by atoms with E-state index in [1.54, 1.807) is 6.07 Å². The fourth-order valence-electron chi connectivity index (χ4n) is 2.21. The van der Waals surface area contributed by atoms with Crippen molar-refractivity contribution >= 4 is 33.5 Å². The van der Waals surface area contributed by atoms with Crippen molar-refractivity contribution in [2.24, 2.45) is 0 Å². The van der Waals surface area contributed by atoms with Gasteiger partial charge in [0.05, 0.1) is 0 Å². The molecule has 0 heterocycles. The summed E-state index contributed by atoms with van der Waals surface area (Å²) in [5.41, 5.74) is 1.88. The Bertz CT molecular complexity index is 790. The SMILES string of the molecule is O=S(O)Oc1ccc(Nc2ccccc2)c2ccccc12. The highest BCUT2D eigenvalue weighted by atomic mass is 32.2. The Kier molecular flexibility index (Phi) is 3.85. The molecule has 0 radical (unpaired) electrons. The van der Waals surface area contributed by atoms with Crippen LogP contribution in [-0.2, 0) is 11.4 Å². The molecule has 1 atom stereocenters. The molecule has 0 spiro atoms. The fourth-order valence-corrected chi connectivity index (χ4v) is 2.51. The van der Waals surface area contributed by atoms with E-state index in [0.717, 1.165) is 22.1 Å². The van der Waals surface area contributed by atoms with Gasteiger partial charge in [0.2, 0.25) is 0 Å². The summed E-state index contributed by atoms with van der Waals surface area (Å²) in [5, 5.41) is 5.03. The van der Waals surface area contributed by atoms with E-state index < -0.39 is 11.4 Å². The lowest BCUT2D eigenvalue weighted by molar-refractivity contribution is 0.460. The Morgan fingerprint density at radius 1 is 0.857 bits per heavy atom. The Hall–Kier alpha value is -2.37. The molecule has 0 aliphatic rings. The minimum absolute atomic E-state index is 0.380. The fraction of sp³-hybridized carbons (Fsp3) is 0. The van der Waals surface area contributed by atoms with Crippen molar-refractivity contribution in [3.63, 3.8) is 0 Å². The van der Waals surface area contributed by atoms with E-state index in [-0.39, 0.29) is 0 Å². The van der Waals surface area contributed by atoms with E-state index in [1.165, 1.54) is 0 Å². The van der Waals surface area contributed by atoms with E-state index in [1.807, 2.05) is 60.7 Å². The number of benzene rings is 3. The van der Waals surface area contributed by atoms with E-state index in [4.69, 9.17) is 8.74 Å². The normalized spacial score (nSPS) is 12.0. The summed E-state index contributed by atoms with van der Waals surface area (Å²) >= 11 is -2.34. The highest BCUT2D eigenvalue weighted by molar-refractivity contribution is 7.74. The topological polar surface area (TPSA) is 58.6 Å². The molecule has 3 aromatic rings. The monoisotopic (exact) mass is 299 g/mol. The van der Waals surface area contributed by atoms with Crippen molar-refractivity contribution in [1.29, 1.82) is 0 Å². The summed E-state index contributed by atoms with van der Waals surface area (Å²) in [5.74, 6) is 0.380. The molecule has 5 heteroatoms. The van der Waals surface area contributed by atoms with Gasteiger partial charge in [-0.1, -0.05) is 42.5 Å². The summed E-state index contributed by atoms with van der Waals surface area (Å²) < 4.78 is 24.7. The molecule has 2 N–H and O–H groups in total. The van der Waals surface area contributed by atoms with Gasteiger partial charge in [0.15, 0.2) is 5.75 Å². The van der Waals surface area contributed by atoms with Crippen LogP contribution >= 0.6 is 0 Å². The third kappa shape index (κ3) is 3.04. The number of para-hydroxylation sites is 1. The largest absolute Gasteiger partial charge is 0.379 e. The van der Waals surface area contributed by atoms with Gasteiger partial charge in [0, 0.05) is 22.1 Å². The molecule has 0 saturated heterocycles. The molecule has 0 aliphatic carbocycles. The van der Waals surface area contributed by atoms with Crippen molar-refractivity contribution in [2.75, 3.05) is 5.32 Å². The maximum atomic E-state index is 10.9. The zero-order valence-electron chi connectivity index (χ0n) is 11.0. The first-order valence-electron chi connectivity index (χ1n) is 6.37. The Morgan fingerprint density at radius 2 is 1.52 bits per heavy atom. The molecule has 21 heavy (non-hydrogen) atoms. The number of fused-ring (bicyclic) bond motifs is 1. The molecule has 106 valence electrons. The van der Waals surface area contributed by atoms with Crippen molar-refractivity contribution in [1.82, 2.24) is 0 Å². The number of hydrogen-bond donors (Lipinski definition) is 2. The molecular formula is C16H13NO3S. The van der Waals surface area contributed by atoms with Crippen LogP contribution in [0.2, 0.25) is 0 Å². The quantitative estimate of drug-likeness (QED) is 0.712. The second-order valence-electron chi connectivity index (χ2n) is 4.45. The van der Waals surface area contributed by atoms with Gasteiger partial charge in [-0.25, -0.2) is 0 Å². The summed E-state index contributed by atoms with van der Waals surface area (Å²) in [7, 11) is 0. The third-order valence-corrected chi connectivity index (χ3v) is 3.42. The number of nitrogens with one attached hydrogen (secondary N) is 1. The molecule has 1 unspecified atom stereocenters. The molecule has 0 fully saturated rings. The average molecular weight is 299 g/mol. The molecular weight excluding hydrogens is 286 g/mol. The van der Waals surface area contributed by atoms with Crippen molar-refractivity contribution in [3.8, 4) is 5.75 Å².